The number of halogens is 2. The average molecular weight is 319 g/mol. The first kappa shape index (κ1) is 16.6. The number of carboxylic acid groups (broad SMARTS) is 1. The van der Waals surface area contributed by atoms with Crippen molar-refractivity contribution in [3.63, 3.8) is 0 Å². The third-order valence-electron chi connectivity index (χ3n) is 2.63. The quantitative estimate of drug-likeness (QED) is 0.780. The van der Waals surface area contributed by atoms with Crippen LogP contribution in [0.5, 0.6) is 0 Å². The Morgan fingerprint density at radius 3 is 2.45 bits per heavy atom. The van der Waals surface area contributed by atoms with E-state index in [1.807, 2.05) is 0 Å². The maximum atomic E-state index is 11.7. The minimum absolute atomic E-state index is 0.135. The monoisotopic (exact) mass is 318 g/mol. The smallest absolute Gasteiger partial charge is 0.315 e. The van der Waals surface area contributed by atoms with Gasteiger partial charge < -0.3 is 15.7 Å². The van der Waals surface area contributed by atoms with Gasteiger partial charge in [0, 0.05) is 16.1 Å². The zero-order valence-corrected chi connectivity index (χ0v) is 12.6. The Morgan fingerprint density at radius 2 is 1.90 bits per heavy atom. The second-order valence-electron chi connectivity index (χ2n) is 4.50. The molecule has 0 saturated carbocycles. The lowest BCUT2D eigenvalue weighted by Gasteiger charge is -2.18. The normalized spacial score (nSPS) is 13.4. The van der Waals surface area contributed by atoms with Crippen LogP contribution in [-0.4, -0.2) is 23.1 Å². The molecule has 0 aliphatic carbocycles. The number of hydrogen-bond acceptors (Lipinski definition) is 2. The van der Waals surface area contributed by atoms with Crippen molar-refractivity contribution in [2.24, 2.45) is 0 Å². The summed E-state index contributed by atoms with van der Waals surface area (Å²) in [7, 11) is 0. The van der Waals surface area contributed by atoms with Crippen LogP contribution >= 0.6 is 23.2 Å². The number of carbonyl (C=O) groups excluding carboxylic acids is 1. The molecule has 5 nitrogen and oxygen atoms in total. The first-order chi connectivity index (χ1) is 9.29. The first-order valence-corrected chi connectivity index (χ1v) is 6.79. The number of rotatable bonds is 5. The van der Waals surface area contributed by atoms with Gasteiger partial charge in [0.05, 0.1) is 12.5 Å². The minimum Gasteiger partial charge on any atom is -0.481 e. The highest BCUT2D eigenvalue weighted by atomic mass is 35.5. The summed E-state index contributed by atoms with van der Waals surface area (Å²) in [6.07, 6.45) is -0.135. The van der Waals surface area contributed by atoms with Crippen LogP contribution in [-0.2, 0) is 4.79 Å². The summed E-state index contributed by atoms with van der Waals surface area (Å²) in [5.41, 5.74) is 0.733. The molecule has 0 aliphatic rings. The molecule has 1 aromatic carbocycles. The van der Waals surface area contributed by atoms with Gasteiger partial charge in [0.15, 0.2) is 0 Å². The van der Waals surface area contributed by atoms with Crippen LogP contribution in [0.4, 0.5) is 4.79 Å². The second-order valence-corrected chi connectivity index (χ2v) is 5.35. The zero-order valence-electron chi connectivity index (χ0n) is 11.1. The number of hydrogen-bond donors (Lipinski definition) is 3. The highest BCUT2D eigenvalue weighted by Crippen LogP contribution is 2.25. The third-order valence-corrected chi connectivity index (χ3v) is 3.20. The summed E-state index contributed by atoms with van der Waals surface area (Å²) in [5.74, 6) is -0.966. The lowest BCUT2D eigenvalue weighted by Crippen LogP contribution is -2.42. The van der Waals surface area contributed by atoms with Crippen molar-refractivity contribution in [2.45, 2.75) is 32.4 Å². The fourth-order valence-corrected chi connectivity index (χ4v) is 2.28. The standard InChI is InChI=1S/C13H16Cl2N2O3/c1-7(5-12(18)19)16-13(20)17-8(2)10-4-3-9(14)6-11(10)15/h3-4,6-8H,5H2,1-2H3,(H,18,19)(H2,16,17,20). The highest BCUT2D eigenvalue weighted by molar-refractivity contribution is 6.35. The predicted molar refractivity (Wildman–Crippen MR) is 78.3 cm³/mol. The number of carboxylic acids is 1. The Morgan fingerprint density at radius 1 is 1.25 bits per heavy atom. The van der Waals surface area contributed by atoms with Gasteiger partial charge in [-0.25, -0.2) is 4.79 Å². The van der Waals surface area contributed by atoms with Gasteiger partial charge in [-0.15, -0.1) is 0 Å². The Balaban J connectivity index is 2.59. The third kappa shape index (κ3) is 5.27. The molecule has 3 N–H and O–H groups in total. The van der Waals surface area contributed by atoms with Gasteiger partial charge >= 0.3 is 12.0 Å². The molecule has 2 amide bonds. The lowest BCUT2D eigenvalue weighted by atomic mass is 10.1. The number of nitrogens with one attached hydrogen (secondary N) is 2. The van der Waals surface area contributed by atoms with E-state index >= 15 is 0 Å². The predicted octanol–water partition coefficient (Wildman–Crippen LogP) is 3.22. The van der Waals surface area contributed by atoms with E-state index in [1.54, 1.807) is 32.0 Å². The van der Waals surface area contributed by atoms with Crippen LogP contribution in [0.1, 0.15) is 31.9 Å². The maximum Gasteiger partial charge on any atom is 0.315 e. The number of aliphatic carboxylic acids is 1. The van der Waals surface area contributed by atoms with Gasteiger partial charge in [-0.1, -0.05) is 29.3 Å². The number of amides is 2. The van der Waals surface area contributed by atoms with Gasteiger partial charge in [-0.05, 0) is 31.5 Å². The van der Waals surface area contributed by atoms with Gasteiger partial charge in [-0.2, -0.15) is 0 Å². The maximum absolute atomic E-state index is 11.7. The van der Waals surface area contributed by atoms with Crippen LogP contribution < -0.4 is 10.6 Å². The topological polar surface area (TPSA) is 78.4 Å². The van der Waals surface area contributed by atoms with E-state index in [-0.39, 0.29) is 12.5 Å². The lowest BCUT2D eigenvalue weighted by molar-refractivity contribution is -0.137. The molecule has 0 saturated heterocycles. The van der Waals surface area contributed by atoms with Gasteiger partial charge in [0.25, 0.3) is 0 Å². The van der Waals surface area contributed by atoms with Gasteiger partial charge in [0.1, 0.15) is 0 Å². The molecule has 0 heterocycles. The van der Waals surface area contributed by atoms with E-state index in [4.69, 9.17) is 28.3 Å². The zero-order chi connectivity index (χ0) is 15.3. The molecule has 0 bridgehead atoms. The Bertz CT molecular complexity index is 508. The molecule has 0 spiro atoms. The summed E-state index contributed by atoms with van der Waals surface area (Å²) < 4.78 is 0. The summed E-state index contributed by atoms with van der Waals surface area (Å²) in [6, 6.07) is 3.79. The first-order valence-electron chi connectivity index (χ1n) is 6.03. The van der Waals surface area contributed by atoms with Gasteiger partial charge in [-0.3, -0.25) is 4.79 Å². The molecule has 2 atom stereocenters. The summed E-state index contributed by atoms with van der Waals surface area (Å²) in [4.78, 5) is 22.2. The van der Waals surface area contributed by atoms with Crippen LogP contribution in [0, 0.1) is 0 Å². The summed E-state index contributed by atoms with van der Waals surface area (Å²) >= 11 is 11.9. The molecule has 1 rings (SSSR count). The fraction of sp³-hybridized carbons (Fsp3) is 0.385. The van der Waals surface area contributed by atoms with Crippen LogP contribution in [0.15, 0.2) is 18.2 Å². The number of urea groups is 1. The summed E-state index contributed by atoms with van der Waals surface area (Å²) in [6.45, 7) is 3.39. The molecule has 0 radical (unpaired) electrons. The molecule has 7 heteroatoms. The van der Waals surface area contributed by atoms with E-state index in [9.17, 15) is 9.59 Å². The largest absolute Gasteiger partial charge is 0.481 e. The fourth-order valence-electron chi connectivity index (χ4n) is 1.71. The SMILES string of the molecule is CC(CC(=O)O)NC(=O)NC(C)c1ccc(Cl)cc1Cl. The van der Waals surface area contributed by atoms with Crippen LogP contribution in [0.25, 0.3) is 0 Å². The molecule has 110 valence electrons. The van der Waals surface area contributed by atoms with Crippen LogP contribution in [0.2, 0.25) is 10.0 Å². The molecule has 20 heavy (non-hydrogen) atoms. The van der Waals surface area contributed by atoms with E-state index < -0.39 is 18.0 Å². The van der Waals surface area contributed by atoms with Crippen molar-refractivity contribution < 1.29 is 14.7 Å². The summed E-state index contributed by atoms with van der Waals surface area (Å²) in [5, 5.41) is 14.8. The van der Waals surface area contributed by atoms with Crippen molar-refractivity contribution in [3.05, 3.63) is 33.8 Å². The van der Waals surface area contributed by atoms with Crippen molar-refractivity contribution in [1.82, 2.24) is 10.6 Å². The molecular weight excluding hydrogens is 303 g/mol. The second kappa shape index (κ2) is 7.36. The van der Waals surface area contributed by atoms with Gasteiger partial charge in [0.2, 0.25) is 0 Å². The van der Waals surface area contributed by atoms with Crippen molar-refractivity contribution in [1.29, 1.82) is 0 Å². The van der Waals surface area contributed by atoms with Crippen molar-refractivity contribution in [3.8, 4) is 0 Å². The molecule has 2 unspecified atom stereocenters. The van der Waals surface area contributed by atoms with E-state index in [1.165, 1.54) is 0 Å². The van der Waals surface area contributed by atoms with Crippen molar-refractivity contribution >= 4 is 35.2 Å². The molecular formula is C13H16Cl2N2O3. The highest BCUT2D eigenvalue weighted by Gasteiger charge is 2.15. The molecule has 0 aliphatic heterocycles. The Hall–Kier alpha value is -1.46. The molecule has 0 fully saturated rings. The minimum atomic E-state index is -0.966. The molecule has 0 aromatic heterocycles. The molecule has 1 aromatic rings. The van der Waals surface area contributed by atoms with Crippen LogP contribution in [0.3, 0.4) is 0 Å². The average Bonchev–Trinajstić information content (AvgIpc) is 2.26. The van der Waals surface area contributed by atoms with E-state index in [0.717, 1.165) is 5.56 Å². The van der Waals surface area contributed by atoms with E-state index in [2.05, 4.69) is 10.6 Å². The Kier molecular flexibility index (Phi) is 6.10. The van der Waals surface area contributed by atoms with E-state index in [0.29, 0.717) is 10.0 Å². The number of benzene rings is 1. The Labute approximate surface area is 127 Å². The number of carbonyl (C=O) groups is 2. The van der Waals surface area contributed by atoms with Crippen molar-refractivity contribution in [2.75, 3.05) is 0 Å².